The highest BCUT2D eigenvalue weighted by molar-refractivity contribution is 7.99. The van der Waals surface area contributed by atoms with Crippen molar-refractivity contribution in [3.8, 4) is 11.3 Å². The van der Waals surface area contributed by atoms with E-state index in [2.05, 4.69) is 54.9 Å². The van der Waals surface area contributed by atoms with Crippen LogP contribution in [0.2, 0.25) is 0 Å². The maximum atomic E-state index is 12.7. The predicted octanol–water partition coefficient (Wildman–Crippen LogP) is 5.02. The molecule has 0 fully saturated rings. The van der Waals surface area contributed by atoms with E-state index in [0.29, 0.717) is 18.0 Å². The molecule has 0 spiro atoms. The van der Waals surface area contributed by atoms with Gasteiger partial charge in [-0.1, -0.05) is 67.6 Å². The summed E-state index contributed by atoms with van der Waals surface area (Å²) < 4.78 is 2.24. The number of hydrogen-bond acceptors (Lipinski definition) is 3. The van der Waals surface area contributed by atoms with Crippen molar-refractivity contribution >= 4 is 17.7 Å². The van der Waals surface area contributed by atoms with E-state index in [1.54, 1.807) is 11.8 Å². The standard InChI is InChI=1S/C23H25N3OS/c1-15(2)17-8-10-19(11-9-17)22(27)24-14-20-21(18-6-4-16(3)5-7-18)25-23-26(20)12-13-28-23/h4-11,15H,12-14H2,1-3H3,(H,24,27). The van der Waals surface area contributed by atoms with Crippen LogP contribution in [0.5, 0.6) is 0 Å². The van der Waals surface area contributed by atoms with Gasteiger partial charge in [0.2, 0.25) is 0 Å². The van der Waals surface area contributed by atoms with E-state index in [1.165, 1.54) is 11.1 Å². The number of aryl methyl sites for hydroxylation is 1. The fourth-order valence-corrected chi connectivity index (χ4v) is 4.41. The molecule has 2 aromatic carbocycles. The van der Waals surface area contributed by atoms with Crippen molar-refractivity contribution in [2.45, 2.75) is 44.9 Å². The van der Waals surface area contributed by atoms with Crippen LogP contribution in [0.15, 0.2) is 53.7 Å². The van der Waals surface area contributed by atoms with Crippen molar-refractivity contribution in [3.63, 3.8) is 0 Å². The van der Waals surface area contributed by atoms with Gasteiger partial charge in [-0.05, 0) is 30.5 Å². The number of hydrogen-bond donors (Lipinski definition) is 1. The van der Waals surface area contributed by atoms with E-state index >= 15 is 0 Å². The summed E-state index contributed by atoms with van der Waals surface area (Å²) in [5.74, 6) is 1.45. The maximum absolute atomic E-state index is 12.7. The summed E-state index contributed by atoms with van der Waals surface area (Å²) in [4.78, 5) is 17.5. The lowest BCUT2D eigenvalue weighted by Crippen LogP contribution is -2.24. The lowest BCUT2D eigenvalue weighted by atomic mass is 10.0. The Balaban J connectivity index is 1.56. The quantitative estimate of drug-likeness (QED) is 0.664. The van der Waals surface area contributed by atoms with Crippen molar-refractivity contribution in [2.24, 2.45) is 0 Å². The molecule has 1 N–H and O–H groups in total. The molecule has 0 radical (unpaired) electrons. The Labute approximate surface area is 170 Å². The summed E-state index contributed by atoms with van der Waals surface area (Å²) in [5, 5.41) is 4.13. The van der Waals surface area contributed by atoms with E-state index in [-0.39, 0.29) is 5.91 Å². The zero-order valence-electron chi connectivity index (χ0n) is 16.5. The van der Waals surface area contributed by atoms with Crippen LogP contribution >= 0.6 is 11.8 Å². The number of carbonyl (C=O) groups excluding carboxylic acids is 1. The molecule has 4 nitrogen and oxygen atoms in total. The molecule has 0 saturated heterocycles. The Morgan fingerprint density at radius 2 is 1.86 bits per heavy atom. The molecule has 5 heteroatoms. The van der Waals surface area contributed by atoms with Crippen LogP contribution in [-0.2, 0) is 13.1 Å². The number of nitrogens with one attached hydrogen (secondary N) is 1. The molecule has 1 aliphatic heterocycles. The number of benzene rings is 2. The lowest BCUT2D eigenvalue weighted by molar-refractivity contribution is 0.0950. The molecule has 1 aliphatic rings. The summed E-state index contributed by atoms with van der Waals surface area (Å²) >= 11 is 1.77. The van der Waals surface area contributed by atoms with Crippen molar-refractivity contribution < 1.29 is 4.79 Å². The Morgan fingerprint density at radius 3 is 2.54 bits per heavy atom. The highest BCUT2D eigenvalue weighted by Gasteiger charge is 2.23. The molecule has 1 aromatic heterocycles. The van der Waals surface area contributed by atoms with Crippen LogP contribution in [-0.4, -0.2) is 21.2 Å². The molecule has 28 heavy (non-hydrogen) atoms. The second-order valence-electron chi connectivity index (χ2n) is 7.52. The van der Waals surface area contributed by atoms with E-state index in [0.717, 1.165) is 34.4 Å². The van der Waals surface area contributed by atoms with Crippen LogP contribution in [0.25, 0.3) is 11.3 Å². The third kappa shape index (κ3) is 3.72. The molecule has 0 saturated carbocycles. The first-order chi connectivity index (χ1) is 13.5. The van der Waals surface area contributed by atoms with Crippen molar-refractivity contribution in [1.82, 2.24) is 14.9 Å². The summed E-state index contributed by atoms with van der Waals surface area (Å²) in [5.41, 5.74) is 6.30. The molecule has 4 rings (SSSR count). The second-order valence-corrected chi connectivity index (χ2v) is 8.58. The average molecular weight is 392 g/mol. The number of aromatic nitrogens is 2. The summed E-state index contributed by atoms with van der Waals surface area (Å²) in [6.45, 7) is 7.80. The van der Waals surface area contributed by atoms with Crippen molar-refractivity contribution in [1.29, 1.82) is 0 Å². The minimum Gasteiger partial charge on any atom is -0.346 e. The monoisotopic (exact) mass is 391 g/mol. The zero-order chi connectivity index (χ0) is 19.7. The average Bonchev–Trinajstić information content (AvgIpc) is 3.28. The van der Waals surface area contributed by atoms with Gasteiger partial charge in [0.1, 0.15) is 0 Å². The highest BCUT2D eigenvalue weighted by atomic mass is 32.2. The topological polar surface area (TPSA) is 46.9 Å². The Bertz CT molecular complexity index is 988. The number of imidazole rings is 1. The molecule has 3 aromatic rings. The van der Waals surface area contributed by atoms with Gasteiger partial charge in [-0.2, -0.15) is 0 Å². The number of nitrogens with zero attached hydrogens (tertiary/aromatic N) is 2. The van der Waals surface area contributed by atoms with Gasteiger partial charge in [0.15, 0.2) is 5.16 Å². The van der Waals surface area contributed by atoms with Gasteiger partial charge >= 0.3 is 0 Å². The minimum atomic E-state index is -0.0497. The lowest BCUT2D eigenvalue weighted by Gasteiger charge is -2.11. The first kappa shape index (κ1) is 18.8. The molecular formula is C23H25N3OS. The number of rotatable bonds is 5. The molecule has 0 bridgehead atoms. The Hall–Kier alpha value is -2.53. The normalized spacial score (nSPS) is 13.0. The van der Waals surface area contributed by atoms with E-state index in [9.17, 15) is 4.79 Å². The Kier molecular flexibility index (Phi) is 5.27. The third-order valence-electron chi connectivity index (χ3n) is 5.16. The Morgan fingerprint density at radius 1 is 1.14 bits per heavy atom. The predicted molar refractivity (Wildman–Crippen MR) is 115 cm³/mol. The molecule has 2 heterocycles. The molecule has 1 amide bonds. The van der Waals surface area contributed by atoms with Gasteiger partial charge < -0.3 is 9.88 Å². The first-order valence-corrected chi connectivity index (χ1v) is 10.7. The SMILES string of the molecule is Cc1ccc(-c2nc3n(c2CNC(=O)c2ccc(C(C)C)cc2)CCS3)cc1. The van der Waals surface area contributed by atoms with Gasteiger partial charge in [-0.3, -0.25) is 4.79 Å². The third-order valence-corrected chi connectivity index (χ3v) is 6.12. The van der Waals surface area contributed by atoms with Crippen molar-refractivity contribution in [2.75, 3.05) is 5.75 Å². The van der Waals surface area contributed by atoms with Gasteiger partial charge in [-0.15, -0.1) is 0 Å². The van der Waals surface area contributed by atoms with Crippen LogP contribution in [0, 0.1) is 6.92 Å². The smallest absolute Gasteiger partial charge is 0.251 e. The van der Waals surface area contributed by atoms with Crippen LogP contribution in [0.1, 0.15) is 46.9 Å². The van der Waals surface area contributed by atoms with Crippen LogP contribution in [0.4, 0.5) is 0 Å². The fraction of sp³-hybridized carbons (Fsp3) is 0.304. The van der Waals surface area contributed by atoms with Gasteiger partial charge in [0, 0.05) is 23.4 Å². The van der Waals surface area contributed by atoms with Gasteiger partial charge in [0.05, 0.1) is 17.9 Å². The van der Waals surface area contributed by atoms with E-state index < -0.39 is 0 Å². The minimum absolute atomic E-state index is 0.0497. The van der Waals surface area contributed by atoms with Gasteiger partial charge in [-0.25, -0.2) is 4.98 Å². The van der Waals surface area contributed by atoms with Crippen molar-refractivity contribution in [3.05, 3.63) is 70.9 Å². The fourth-order valence-electron chi connectivity index (χ4n) is 3.44. The largest absolute Gasteiger partial charge is 0.346 e. The molecule has 0 aliphatic carbocycles. The molecule has 0 atom stereocenters. The second kappa shape index (κ2) is 7.84. The van der Waals surface area contributed by atoms with E-state index in [4.69, 9.17) is 4.98 Å². The van der Waals surface area contributed by atoms with E-state index in [1.807, 2.05) is 24.3 Å². The first-order valence-electron chi connectivity index (χ1n) is 9.70. The summed E-state index contributed by atoms with van der Waals surface area (Å²) in [6.07, 6.45) is 0. The van der Waals surface area contributed by atoms with Gasteiger partial charge in [0.25, 0.3) is 5.91 Å². The zero-order valence-corrected chi connectivity index (χ0v) is 17.3. The summed E-state index contributed by atoms with van der Waals surface area (Å²) in [6, 6.07) is 16.3. The van der Waals surface area contributed by atoms with Crippen LogP contribution in [0.3, 0.4) is 0 Å². The number of carbonyl (C=O) groups is 1. The number of amides is 1. The number of thioether (sulfide) groups is 1. The van der Waals surface area contributed by atoms with Crippen LogP contribution < -0.4 is 5.32 Å². The number of fused-ring (bicyclic) bond motifs is 1. The maximum Gasteiger partial charge on any atom is 0.251 e. The molecule has 144 valence electrons. The molecule has 0 unspecified atom stereocenters. The molecular weight excluding hydrogens is 366 g/mol. The highest BCUT2D eigenvalue weighted by Crippen LogP contribution is 2.33. The summed E-state index contributed by atoms with van der Waals surface area (Å²) in [7, 11) is 0.